The van der Waals surface area contributed by atoms with Crippen LogP contribution in [0.5, 0.6) is 0 Å². The minimum atomic E-state index is -1.36. The van der Waals surface area contributed by atoms with Crippen molar-refractivity contribution in [3.63, 3.8) is 0 Å². The van der Waals surface area contributed by atoms with Gasteiger partial charge in [0.25, 0.3) is 0 Å². The van der Waals surface area contributed by atoms with Crippen LogP contribution < -0.4 is 0 Å². The summed E-state index contributed by atoms with van der Waals surface area (Å²) in [5.41, 5.74) is 0.617. The Morgan fingerprint density at radius 3 is 2.17 bits per heavy atom. The van der Waals surface area contributed by atoms with Crippen LogP contribution in [0.2, 0.25) is 0 Å². The largest absolute Gasteiger partial charge is 0.204 e. The maximum atomic E-state index is 13.4. The van der Waals surface area contributed by atoms with E-state index in [9.17, 15) is 13.2 Å². The van der Waals surface area contributed by atoms with Crippen LogP contribution in [0.4, 0.5) is 13.2 Å². The molecule has 2 rings (SSSR count). The second-order valence-corrected chi connectivity index (χ2v) is 7.06. The van der Waals surface area contributed by atoms with E-state index in [4.69, 9.17) is 0 Å². The molecule has 0 saturated heterocycles. The van der Waals surface area contributed by atoms with Crippen molar-refractivity contribution >= 4 is 0 Å². The fourth-order valence-electron chi connectivity index (χ4n) is 3.69. The average Bonchev–Trinajstić information content (AvgIpc) is 2.59. The fraction of sp³-hybridized carbons (Fsp3) is 0.619. The van der Waals surface area contributed by atoms with Gasteiger partial charge in [-0.3, -0.25) is 0 Å². The third-order valence-corrected chi connectivity index (χ3v) is 5.18. The molecule has 0 amide bonds. The zero-order valence-electron chi connectivity index (χ0n) is 14.7. The molecule has 1 aliphatic carbocycles. The number of hydrogen-bond donors (Lipinski definition) is 0. The SMILES string of the molecule is CCC/C=C/CCCCC1CCC(c2cc(F)c(F)c(F)c2)CC1. The molecule has 0 radical (unpaired) electrons. The average molecular weight is 338 g/mol. The summed E-state index contributed by atoms with van der Waals surface area (Å²) in [5.74, 6) is -2.59. The number of halogens is 3. The number of allylic oxidation sites excluding steroid dienone is 2. The van der Waals surface area contributed by atoms with Crippen molar-refractivity contribution in [1.29, 1.82) is 0 Å². The fourth-order valence-corrected chi connectivity index (χ4v) is 3.69. The third kappa shape index (κ3) is 5.68. The Morgan fingerprint density at radius 2 is 1.54 bits per heavy atom. The summed E-state index contributed by atoms with van der Waals surface area (Å²) in [7, 11) is 0. The highest BCUT2D eigenvalue weighted by atomic mass is 19.2. The lowest BCUT2D eigenvalue weighted by molar-refractivity contribution is 0.302. The highest BCUT2D eigenvalue weighted by molar-refractivity contribution is 5.23. The molecule has 1 aromatic rings. The standard InChI is InChI=1S/C21H29F3/c1-2-3-4-5-6-7-8-9-16-10-12-17(13-11-16)18-14-19(22)21(24)20(23)15-18/h4-5,14-17H,2-3,6-13H2,1H3/b5-4+. The summed E-state index contributed by atoms with van der Waals surface area (Å²) in [5, 5.41) is 0. The molecular weight excluding hydrogens is 309 g/mol. The molecule has 3 heteroatoms. The highest BCUT2D eigenvalue weighted by Crippen LogP contribution is 2.38. The molecule has 0 nitrogen and oxygen atoms in total. The number of benzene rings is 1. The second-order valence-electron chi connectivity index (χ2n) is 7.06. The lowest BCUT2D eigenvalue weighted by Crippen LogP contribution is -2.14. The molecule has 134 valence electrons. The van der Waals surface area contributed by atoms with E-state index in [-0.39, 0.29) is 5.92 Å². The highest BCUT2D eigenvalue weighted by Gasteiger charge is 2.24. The molecule has 1 fully saturated rings. The van der Waals surface area contributed by atoms with Crippen molar-refractivity contribution < 1.29 is 13.2 Å². The molecule has 0 atom stereocenters. The summed E-state index contributed by atoms with van der Waals surface area (Å²) in [4.78, 5) is 0. The van der Waals surface area contributed by atoms with Crippen LogP contribution in [-0.2, 0) is 0 Å². The van der Waals surface area contributed by atoms with Gasteiger partial charge in [-0.1, -0.05) is 38.3 Å². The smallest absolute Gasteiger partial charge is 0.194 e. The van der Waals surface area contributed by atoms with Crippen LogP contribution >= 0.6 is 0 Å². The Balaban J connectivity index is 1.70. The van der Waals surface area contributed by atoms with Gasteiger partial charge in [-0.25, -0.2) is 13.2 Å². The van der Waals surface area contributed by atoms with Crippen LogP contribution in [-0.4, -0.2) is 0 Å². The third-order valence-electron chi connectivity index (χ3n) is 5.18. The van der Waals surface area contributed by atoms with Crippen molar-refractivity contribution in [2.24, 2.45) is 5.92 Å². The Morgan fingerprint density at radius 1 is 0.917 bits per heavy atom. The topological polar surface area (TPSA) is 0 Å². The van der Waals surface area contributed by atoms with Crippen molar-refractivity contribution in [2.45, 2.75) is 77.0 Å². The molecule has 24 heavy (non-hydrogen) atoms. The van der Waals surface area contributed by atoms with E-state index in [0.717, 1.165) is 31.6 Å². The Bertz CT molecular complexity index is 505. The van der Waals surface area contributed by atoms with Gasteiger partial charge in [0.2, 0.25) is 0 Å². The van der Waals surface area contributed by atoms with Crippen LogP contribution in [0, 0.1) is 23.4 Å². The van der Waals surface area contributed by atoms with E-state index in [1.165, 1.54) is 50.7 Å². The second kappa shape index (κ2) is 9.90. The molecule has 0 unspecified atom stereocenters. The minimum absolute atomic E-state index is 0.169. The normalized spacial score (nSPS) is 21.5. The van der Waals surface area contributed by atoms with Crippen molar-refractivity contribution in [2.75, 3.05) is 0 Å². The number of hydrogen-bond acceptors (Lipinski definition) is 0. The first-order valence-electron chi connectivity index (χ1n) is 9.41. The summed E-state index contributed by atoms with van der Waals surface area (Å²) < 4.78 is 39.8. The van der Waals surface area contributed by atoms with Gasteiger partial charge in [-0.15, -0.1) is 0 Å². The monoisotopic (exact) mass is 338 g/mol. The van der Waals surface area contributed by atoms with E-state index in [0.29, 0.717) is 5.56 Å². The Hall–Kier alpha value is -1.25. The van der Waals surface area contributed by atoms with Crippen LogP contribution in [0.15, 0.2) is 24.3 Å². The molecule has 1 aromatic carbocycles. The quantitative estimate of drug-likeness (QED) is 0.265. The van der Waals surface area contributed by atoms with E-state index in [1.807, 2.05) is 0 Å². The van der Waals surface area contributed by atoms with E-state index in [1.54, 1.807) is 0 Å². The van der Waals surface area contributed by atoms with Crippen LogP contribution in [0.25, 0.3) is 0 Å². The van der Waals surface area contributed by atoms with Gasteiger partial charge >= 0.3 is 0 Å². The molecule has 1 saturated carbocycles. The van der Waals surface area contributed by atoms with Crippen LogP contribution in [0.3, 0.4) is 0 Å². The van der Waals surface area contributed by atoms with Crippen LogP contribution in [0.1, 0.15) is 82.6 Å². The van der Waals surface area contributed by atoms with Crippen molar-refractivity contribution in [3.8, 4) is 0 Å². The molecule has 0 N–H and O–H groups in total. The first-order valence-corrected chi connectivity index (χ1v) is 9.41. The summed E-state index contributed by atoms with van der Waals surface area (Å²) in [6.45, 7) is 2.19. The van der Waals surface area contributed by atoms with Gasteiger partial charge in [0, 0.05) is 0 Å². The van der Waals surface area contributed by atoms with Gasteiger partial charge in [0.05, 0.1) is 0 Å². The van der Waals surface area contributed by atoms with Gasteiger partial charge in [0.1, 0.15) is 0 Å². The van der Waals surface area contributed by atoms with E-state index >= 15 is 0 Å². The van der Waals surface area contributed by atoms with Gasteiger partial charge in [0.15, 0.2) is 17.5 Å². The Kier molecular flexibility index (Phi) is 7.87. The van der Waals surface area contributed by atoms with E-state index < -0.39 is 17.5 Å². The molecule has 0 spiro atoms. The predicted octanol–water partition coefficient (Wildman–Crippen LogP) is 7.29. The number of unbranched alkanes of at least 4 members (excludes halogenated alkanes) is 3. The Labute approximate surface area is 144 Å². The van der Waals surface area contributed by atoms with Crippen molar-refractivity contribution in [1.82, 2.24) is 0 Å². The van der Waals surface area contributed by atoms with E-state index in [2.05, 4.69) is 19.1 Å². The lowest BCUT2D eigenvalue weighted by atomic mass is 9.77. The lowest BCUT2D eigenvalue weighted by Gasteiger charge is -2.29. The maximum absolute atomic E-state index is 13.4. The molecule has 0 aliphatic heterocycles. The predicted molar refractivity (Wildman–Crippen MR) is 93.5 cm³/mol. The molecule has 1 aliphatic rings. The summed E-state index contributed by atoms with van der Waals surface area (Å²) >= 11 is 0. The first-order chi connectivity index (χ1) is 11.6. The zero-order chi connectivity index (χ0) is 17.4. The summed E-state index contributed by atoms with van der Waals surface area (Å²) in [6.07, 6.45) is 16.0. The van der Waals surface area contributed by atoms with Gasteiger partial charge in [-0.2, -0.15) is 0 Å². The maximum Gasteiger partial charge on any atom is 0.194 e. The van der Waals surface area contributed by atoms with Gasteiger partial charge < -0.3 is 0 Å². The first kappa shape index (κ1) is 19.1. The summed E-state index contributed by atoms with van der Waals surface area (Å²) in [6, 6.07) is 2.35. The molecule has 0 aromatic heterocycles. The molecule has 0 heterocycles. The molecule has 0 bridgehead atoms. The van der Waals surface area contributed by atoms with Gasteiger partial charge in [-0.05, 0) is 74.5 Å². The van der Waals surface area contributed by atoms with Crippen molar-refractivity contribution in [3.05, 3.63) is 47.3 Å². The minimum Gasteiger partial charge on any atom is -0.204 e. The number of rotatable bonds is 8. The zero-order valence-corrected chi connectivity index (χ0v) is 14.7. The molecular formula is C21H29F3.